The van der Waals surface area contributed by atoms with Gasteiger partial charge in [0.25, 0.3) is 0 Å². The lowest BCUT2D eigenvalue weighted by Crippen LogP contribution is -2.25. The molecule has 0 radical (unpaired) electrons. The fraction of sp³-hybridized carbons (Fsp3) is 0.529. The Bertz CT molecular complexity index is 486. The lowest BCUT2D eigenvalue weighted by Gasteiger charge is -2.22. The van der Waals surface area contributed by atoms with Gasteiger partial charge in [0.1, 0.15) is 0 Å². The van der Waals surface area contributed by atoms with Gasteiger partial charge in [0.15, 0.2) is 0 Å². The second-order valence-corrected chi connectivity index (χ2v) is 6.85. The number of hydrogen-bond donors (Lipinski definition) is 2. The van der Waals surface area contributed by atoms with Gasteiger partial charge in [-0.2, -0.15) is 0 Å². The average Bonchev–Trinajstić information content (AvgIpc) is 2.34. The number of amides is 1. The monoisotopic (exact) mass is 291 g/mol. The number of benzene rings is 1. The van der Waals surface area contributed by atoms with Crippen molar-refractivity contribution in [3.8, 4) is 0 Å². The van der Waals surface area contributed by atoms with Crippen LogP contribution in [0.15, 0.2) is 24.3 Å². The van der Waals surface area contributed by atoms with E-state index in [1.54, 1.807) is 24.3 Å². The van der Waals surface area contributed by atoms with Crippen molar-refractivity contribution in [1.82, 2.24) is 5.32 Å². The molecule has 1 aromatic rings. The van der Waals surface area contributed by atoms with Crippen molar-refractivity contribution in [3.05, 3.63) is 35.4 Å². The molecule has 0 spiro atoms. The molecule has 4 heteroatoms. The van der Waals surface area contributed by atoms with Crippen molar-refractivity contribution in [2.75, 3.05) is 0 Å². The van der Waals surface area contributed by atoms with Crippen LogP contribution < -0.4 is 5.32 Å². The highest BCUT2D eigenvalue weighted by molar-refractivity contribution is 5.87. The van der Waals surface area contributed by atoms with E-state index in [4.69, 9.17) is 5.11 Å². The number of carboxylic acid groups (broad SMARTS) is 1. The summed E-state index contributed by atoms with van der Waals surface area (Å²) in [5.74, 6) is -0.560. The lowest BCUT2D eigenvalue weighted by atomic mass is 9.84. The molecule has 0 aliphatic rings. The molecule has 1 unspecified atom stereocenters. The zero-order valence-corrected chi connectivity index (χ0v) is 13.3. The second-order valence-electron chi connectivity index (χ2n) is 6.85. The molecule has 116 valence electrons. The van der Waals surface area contributed by atoms with Crippen LogP contribution in [-0.4, -0.2) is 17.0 Å². The lowest BCUT2D eigenvalue weighted by molar-refractivity contribution is -0.122. The molecule has 1 amide bonds. The van der Waals surface area contributed by atoms with Gasteiger partial charge in [-0.3, -0.25) is 4.79 Å². The number of hydrogen-bond acceptors (Lipinski definition) is 2. The first-order valence-corrected chi connectivity index (χ1v) is 7.26. The SMILES string of the molecule is CC(CC(=O)NCc1ccc(C(=O)O)cc1)CC(C)(C)C. The molecule has 0 aliphatic carbocycles. The summed E-state index contributed by atoms with van der Waals surface area (Å²) >= 11 is 0. The number of carboxylic acids is 1. The van der Waals surface area contributed by atoms with Crippen molar-refractivity contribution in [3.63, 3.8) is 0 Å². The molecule has 0 aromatic heterocycles. The smallest absolute Gasteiger partial charge is 0.335 e. The van der Waals surface area contributed by atoms with E-state index in [1.807, 2.05) is 0 Å². The van der Waals surface area contributed by atoms with Crippen LogP contribution in [0.1, 0.15) is 56.5 Å². The highest BCUT2D eigenvalue weighted by atomic mass is 16.4. The molecular weight excluding hydrogens is 266 g/mol. The van der Waals surface area contributed by atoms with E-state index in [0.29, 0.717) is 18.9 Å². The Morgan fingerprint density at radius 2 is 1.76 bits per heavy atom. The standard InChI is InChI=1S/C17H25NO3/c1-12(10-17(2,3)4)9-15(19)18-11-13-5-7-14(8-6-13)16(20)21/h5-8,12H,9-11H2,1-4H3,(H,18,19)(H,20,21). The molecule has 4 nitrogen and oxygen atoms in total. The van der Waals surface area contributed by atoms with Crippen molar-refractivity contribution in [1.29, 1.82) is 0 Å². The number of carbonyl (C=O) groups is 2. The summed E-state index contributed by atoms with van der Waals surface area (Å²) in [5.41, 5.74) is 1.38. The summed E-state index contributed by atoms with van der Waals surface area (Å²) in [7, 11) is 0. The van der Waals surface area contributed by atoms with Gasteiger partial charge in [-0.25, -0.2) is 4.79 Å². The highest BCUT2D eigenvalue weighted by Gasteiger charge is 2.17. The quantitative estimate of drug-likeness (QED) is 0.843. The number of carbonyl (C=O) groups excluding carboxylic acids is 1. The Morgan fingerprint density at radius 3 is 2.24 bits per heavy atom. The molecule has 1 aromatic carbocycles. The predicted octanol–water partition coefficient (Wildman–Crippen LogP) is 3.46. The molecule has 21 heavy (non-hydrogen) atoms. The van der Waals surface area contributed by atoms with Crippen molar-refractivity contribution < 1.29 is 14.7 Å². The minimum atomic E-state index is -0.943. The normalized spacial score (nSPS) is 12.8. The van der Waals surface area contributed by atoms with E-state index in [9.17, 15) is 9.59 Å². The highest BCUT2D eigenvalue weighted by Crippen LogP contribution is 2.25. The molecule has 2 N–H and O–H groups in total. The topological polar surface area (TPSA) is 66.4 Å². The molecule has 0 saturated carbocycles. The first-order valence-electron chi connectivity index (χ1n) is 7.26. The molecular formula is C17H25NO3. The molecule has 0 fully saturated rings. The molecule has 0 saturated heterocycles. The fourth-order valence-corrected chi connectivity index (χ4v) is 2.47. The number of rotatable bonds is 6. The zero-order valence-electron chi connectivity index (χ0n) is 13.3. The van der Waals surface area contributed by atoms with E-state index in [0.717, 1.165) is 12.0 Å². The average molecular weight is 291 g/mol. The Kier molecular flexibility index (Phi) is 5.94. The van der Waals surface area contributed by atoms with Crippen LogP contribution in [-0.2, 0) is 11.3 Å². The second kappa shape index (κ2) is 7.25. The Hall–Kier alpha value is -1.84. The van der Waals surface area contributed by atoms with E-state index < -0.39 is 5.97 Å². The summed E-state index contributed by atoms with van der Waals surface area (Å²) in [4.78, 5) is 22.6. The Labute approximate surface area is 126 Å². The summed E-state index contributed by atoms with van der Waals surface area (Å²) in [6.07, 6.45) is 1.53. The third kappa shape index (κ3) is 6.93. The van der Waals surface area contributed by atoms with Crippen LogP contribution in [0.5, 0.6) is 0 Å². The van der Waals surface area contributed by atoms with Crippen LogP contribution in [0.2, 0.25) is 0 Å². The van der Waals surface area contributed by atoms with E-state index in [1.165, 1.54) is 0 Å². The minimum absolute atomic E-state index is 0.0362. The van der Waals surface area contributed by atoms with Crippen molar-refractivity contribution in [2.45, 2.75) is 47.1 Å². The van der Waals surface area contributed by atoms with Gasteiger partial charge in [0, 0.05) is 13.0 Å². The molecule has 0 aliphatic heterocycles. The van der Waals surface area contributed by atoms with Gasteiger partial charge in [-0.15, -0.1) is 0 Å². The molecule has 0 heterocycles. The number of aromatic carboxylic acids is 1. The minimum Gasteiger partial charge on any atom is -0.478 e. The van der Waals surface area contributed by atoms with Gasteiger partial charge in [-0.05, 0) is 35.4 Å². The Balaban J connectivity index is 2.41. The maximum Gasteiger partial charge on any atom is 0.335 e. The number of nitrogens with one attached hydrogen (secondary N) is 1. The first-order chi connectivity index (χ1) is 9.67. The Morgan fingerprint density at radius 1 is 1.19 bits per heavy atom. The van der Waals surface area contributed by atoms with Crippen LogP contribution in [0.25, 0.3) is 0 Å². The molecule has 0 bridgehead atoms. The van der Waals surface area contributed by atoms with Gasteiger partial charge >= 0.3 is 5.97 Å². The summed E-state index contributed by atoms with van der Waals surface area (Å²) in [5, 5.41) is 11.7. The summed E-state index contributed by atoms with van der Waals surface area (Å²) in [6.45, 7) is 9.04. The third-order valence-electron chi connectivity index (χ3n) is 3.19. The van der Waals surface area contributed by atoms with Gasteiger partial charge in [0.05, 0.1) is 5.56 Å². The first kappa shape index (κ1) is 17.2. The zero-order chi connectivity index (χ0) is 16.0. The van der Waals surface area contributed by atoms with Gasteiger partial charge < -0.3 is 10.4 Å². The van der Waals surface area contributed by atoms with Crippen LogP contribution >= 0.6 is 0 Å². The third-order valence-corrected chi connectivity index (χ3v) is 3.19. The summed E-state index contributed by atoms with van der Waals surface area (Å²) < 4.78 is 0. The summed E-state index contributed by atoms with van der Waals surface area (Å²) in [6, 6.07) is 6.54. The molecule has 1 atom stereocenters. The van der Waals surface area contributed by atoms with E-state index in [-0.39, 0.29) is 16.9 Å². The van der Waals surface area contributed by atoms with E-state index >= 15 is 0 Å². The van der Waals surface area contributed by atoms with Gasteiger partial charge in [-0.1, -0.05) is 39.8 Å². The van der Waals surface area contributed by atoms with E-state index in [2.05, 4.69) is 33.0 Å². The van der Waals surface area contributed by atoms with Crippen LogP contribution in [0, 0.1) is 11.3 Å². The van der Waals surface area contributed by atoms with Crippen LogP contribution in [0.4, 0.5) is 0 Å². The predicted molar refractivity (Wildman–Crippen MR) is 83.1 cm³/mol. The maximum atomic E-state index is 11.9. The fourth-order valence-electron chi connectivity index (χ4n) is 2.47. The molecule has 1 rings (SSSR count). The van der Waals surface area contributed by atoms with Crippen molar-refractivity contribution >= 4 is 11.9 Å². The van der Waals surface area contributed by atoms with Crippen molar-refractivity contribution in [2.24, 2.45) is 11.3 Å². The van der Waals surface area contributed by atoms with Gasteiger partial charge in [0.2, 0.25) is 5.91 Å². The largest absolute Gasteiger partial charge is 0.478 e. The van der Waals surface area contributed by atoms with Crippen LogP contribution in [0.3, 0.4) is 0 Å². The maximum absolute atomic E-state index is 11.9.